The molecule has 1 saturated heterocycles. The summed E-state index contributed by atoms with van der Waals surface area (Å²) in [6.45, 7) is 5.33. The fourth-order valence-corrected chi connectivity index (χ4v) is 4.27. The van der Waals surface area contributed by atoms with Gasteiger partial charge < -0.3 is 20.1 Å². The van der Waals surface area contributed by atoms with Gasteiger partial charge in [-0.15, -0.1) is 11.3 Å². The first kappa shape index (κ1) is 18.0. The van der Waals surface area contributed by atoms with Gasteiger partial charge in [0.2, 0.25) is 5.88 Å². The van der Waals surface area contributed by atoms with Crippen molar-refractivity contribution in [2.75, 3.05) is 20.8 Å². The normalized spacial score (nSPS) is 20.6. The van der Waals surface area contributed by atoms with Crippen LogP contribution in [-0.2, 0) is 11.3 Å². The van der Waals surface area contributed by atoms with Crippen LogP contribution in [0.25, 0.3) is 10.2 Å². The van der Waals surface area contributed by atoms with E-state index < -0.39 is 0 Å². The van der Waals surface area contributed by atoms with Gasteiger partial charge >= 0.3 is 0 Å². The molecule has 3 rings (SSSR count). The quantitative estimate of drug-likeness (QED) is 0.844. The minimum absolute atomic E-state index is 0.0589. The van der Waals surface area contributed by atoms with E-state index in [4.69, 9.17) is 9.47 Å². The molecule has 1 amide bonds. The topological polar surface area (TPSA) is 85.4 Å². The smallest absolute Gasteiger partial charge is 0.261 e. The predicted molar refractivity (Wildman–Crippen MR) is 97.4 cm³/mol. The van der Waals surface area contributed by atoms with Crippen LogP contribution in [0.15, 0.2) is 0 Å². The summed E-state index contributed by atoms with van der Waals surface area (Å²) in [5, 5.41) is 7.36. The Kier molecular flexibility index (Phi) is 5.51. The summed E-state index contributed by atoms with van der Waals surface area (Å²) in [5.41, 5.74) is 0.856. The van der Waals surface area contributed by atoms with E-state index in [1.54, 1.807) is 14.2 Å². The van der Waals surface area contributed by atoms with Gasteiger partial charge in [0.05, 0.1) is 17.4 Å². The molecule has 1 aliphatic heterocycles. The number of piperidine rings is 1. The van der Waals surface area contributed by atoms with Crippen LogP contribution in [0.1, 0.15) is 40.8 Å². The molecule has 136 valence electrons. The van der Waals surface area contributed by atoms with Crippen molar-refractivity contribution in [1.29, 1.82) is 0 Å². The predicted octanol–water partition coefficient (Wildman–Crippen LogP) is 2.03. The van der Waals surface area contributed by atoms with Crippen molar-refractivity contribution >= 4 is 27.5 Å². The maximum Gasteiger partial charge on any atom is 0.261 e. The Bertz CT molecular complexity index is 777. The highest BCUT2D eigenvalue weighted by Gasteiger charge is 2.26. The molecule has 2 aromatic heterocycles. The lowest BCUT2D eigenvalue weighted by Crippen LogP contribution is -2.51. The van der Waals surface area contributed by atoms with Crippen LogP contribution in [0, 0.1) is 6.92 Å². The van der Waals surface area contributed by atoms with E-state index in [-0.39, 0.29) is 18.0 Å². The zero-order valence-corrected chi connectivity index (χ0v) is 15.8. The Morgan fingerprint density at radius 2 is 2.20 bits per heavy atom. The second kappa shape index (κ2) is 7.63. The van der Waals surface area contributed by atoms with Gasteiger partial charge in [0.25, 0.3) is 5.91 Å². The van der Waals surface area contributed by atoms with Crippen LogP contribution >= 0.6 is 11.3 Å². The lowest BCUT2D eigenvalue weighted by Gasteiger charge is -2.30. The molecule has 0 aromatic carbocycles. The number of hydrogen-bond donors (Lipinski definition) is 2. The van der Waals surface area contributed by atoms with Crippen molar-refractivity contribution in [3.8, 4) is 5.88 Å². The van der Waals surface area contributed by atoms with E-state index in [1.165, 1.54) is 11.3 Å². The van der Waals surface area contributed by atoms with Gasteiger partial charge in [0.1, 0.15) is 11.4 Å². The fourth-order valence-electron chi connectivity index (χ4n) is 3.18. The summed E-state index contributed by atoms with van der Waals surface area (Å²) in [4.78, 5) is 23.1. The van der Waals surface area contributed by atoms with Crippen LogP contribution in [-0.4, -0.2) is 48.7 Å². The van der Waals surface area contributed by atoms with Crippen molar-refractivity contribution in [3.63, 3.8) is 0 Å². The average Bonchev–Trinajstić information content (AvgIpc) is 2.93. The minimum atomic E-state index is -0.0589. The van der Waals surface area contributed by atoms with Crippen LogP contribution in [0.4, 0.5) is 0 Å². The standard InChI is InChI=1S/C17H24N4O3S/c1-9-13-16(24-4)20-12(8-23-3)21-17(13)25-14(9)15(22)19-11-6-5-7-18-10(11)2/h10-11,18H,5-8H2,1-4H3,(H,19,22). The summed E-state index contributed by atoms with van der Waals surface area (Å²) in [7, 11) is 3.17. The number of amides is 1. The van der Waals surface area contributed by atoms with Gasteiger partial charge in [0.15, 0.2) is 5.82 Å². The third-order valence-electron chi connectivity index (χ3n) is 4.55. The SMILES string of the molecule is COCc1nc(OC)c2c(C)c(C(=O)NC3CCCNC3C)sc2n1. The highest BCUT2D eigenvalue weighted by molar-refractivity contribution is 7.20. The number of rotatable bonds is 5. The molecule has 2 atom stereocenters. The lowest BCUT2D eigenvalue weighted by molar-refractivity contribution is 0.0923. The number of thiophene rings is 1. The van der Waals surface area contributed by atoms with E-state index >= 15 is 0 Å². The molecule has 25 heavy (non-hydrogen) atoms. The minimum Gasteiger partial charge on any atom is -0.480 e. The van der Waals surface area contributed by atoms with Gasteiger partial charge in [0, 0.05) is 19.2 Å². The van der Waals surface area contributed by atoms with Crippen molar-refractivity contribution in [3.05, 3.63) is 16.3 Å². The van der Waals surface area contributed by atoms with Crippen LogP contribution < -0.4 is 15.4 Å². The molecule has 0 aliphatic carbocycles. The number of aromatic nitrogens is 2. The Morgan fingerprint density at radius 1 is 1.40 bits per heavy atom. The zero-order chi connectivity index (χ0) is 18.0. The summed E-state index contributed by atoms with van der Waals surface area (Å²) >= 11 is 1.37. The number of fused-ring (bicyclic) bond motifs is 1. The third-order valence-corrected chi connectivity index (χ3v) is 5.74. The van der Waals surface area contributed by atoms with E-state index in [9.17, 15) is 4.79 Å². The number of methoxy groups -OCH3 is 2. The highest BCUT2D eigenvalue weighted by atomic mass is 32.1. The second-order valence-corrected chi connectivity index (χ2v) is 7.28. The molecular weight excluding hydrogens is 340 g/mol. The van der Waals surface area contributed by atoms with Crippen LogP contribution in [0.3, 0.4) is 0 Å². The molecule has 3 heterocycles. The molecule has 0 spiro atoms. The maximum absolute atomic E-state index is 12.8. The lowest BCUT2D eigenvalue weighted by atomic mass is 10.00. The maximum atomic E-state index is 12.8. The van der Waals surface area contributed by atoms with E-state index in [2.05, 4.69) is 27.5 Å². The summed E-state index contributed by atoms with van der Waals surface area (Å²) in [6.07, 6.45) is 2.06. The molecule has 0 saturated carbocycles. The van der Waals surface area contributed by atoms with Gasteiger partial charge in [-0.05, 0) is 38.8 Å². The summed E-state index contributed by atoms with van der Waals surface area (Å²) < 4.78 is 10.5. The third kappa shape index (κ3) is 3.61. The Labute approximate surface area is 151 Å². The van der Waals surface area contributed by atoms with E-state index in [1.807, 2.05) is 6.92 Å². The van der Waals surface area contributed by atoms with Crippen molar-refractivity contribution in [2.45, 2.75) is 45.4 Å². The molecule has 1 fully saturated rings. The van der Waals surface area contributed by atoms with Crippen LogP contribution in [0.5, 0.6) is 5.88 Å². The fraction of sp³-hybridized carbons (Fsp3) is 0.588. The molecule has 1 aliphatic rings. The van der Waals surface area contributed by atoms with Crippen molar-refractivity contribution < 1.29 is 14.3 Å². The molecular formula is C17H24N4O3S. The first-order chi connectivity index (χ1) is 12.0. The number of carbonyl (C=O) groups excluding carboxylic acids is 1. The number of ether oxygens (including phenoxy) is 2. The second-order valence-electron chi connectivity index (χ2n) is 6.28. The monoisotopic (exact) mass is 364 g/mol. The molecule has 2 aromatic rings. The van der Waals surface area contributed by atoms with Crippen molar-refractivity contribution in [1.82, 2.24) is 20.6 Å². The summed E-state index contributed by atoms with van der Waals surface area (Å²) in [5.74, 6) is 0.971. The average molecular weight is 364 g/mol. The van der Waals surface area contributed by atoms with Gasteiger partial charge in [-0.25, -0.2) is 4.98 Å². The molecule has 0 bridgehead atoms. The largest absolute Gasteiger partial charge is 0.480 e. The number of aryl methyl sites for hydroxylation is 1. The van der Waals surface area contributed by atoms with Gasteiger partial charge in [-0.3, -0.25) is 4.79 Å². The molecule has 0 radical (unpaired) electrons. The molecule has 7 nitrogen and oxygen atoms in total. The number of nitrogens with one attached hydrogen (secondary N) is 2. The molecule has 8 heteroatoms. The summed E-state index contributed by atoms with van der Waals surface area (Å²) in [6, 6.07) is 0.415. The van der Waals surface area contributed by atoms with E-state index in [0.29, 0.717) is 23.2 Å². The van der Waals surface area contributed by atoms with Gasteiger partial charge in [-0.1, -0.05) is 0 Å². The molecule has 2 unspecified atom stereocenters. The van der Waals surface area contributed by atoms with Crippen LogP contribution in [0.2, 0.25) is 0 Å². The first-order valence-electron chi connectivity index (χ1n) is 8.42. The Morgan fingerprint density at radius 3 is 2.88 bits per heavy atom. The number of hydrogen-bond acceptors (Lipinski definition) is 7. The Hall–Kier alpha value is -1.77. The first-order valence-corrected chi connectivity index (χ1v) is 9.24. The number of carbonyl (C=O) groups is 1. The zero-order valence-electron chi connectivity index (χ0n) is 15.0. The molecule has 2 N–H and O–H groups in total. The van der Waals surface area contributed by atoms with E-state index in [0.717, 1.165) is 35.2 Å². The number of nitrogens with zero attached hydrogens (tertiary/aromatic N) is 2. The Balaban J connectivity index is 1.93. The highest BCUT2D eigenvalue weighted by Crippen LogP contribution is 2.35. The van der Waals surface area contributed by atoms with Crippen molar-refractivity contribution in [2.24, 2.45) is 0 Å². The van der Waals surface area contributed by atoms with Gasteiger partial charge in [-0.2, -0.15) is 4.98 Å².